The number of fused-ring (bicyclic) bond motifs is 1. The maximum atomic E-state index is 15.2. The minimum Gasteiger partial charge on any atom is -0.382 e. The molecule has 0 aliphatic carbocycles. The van der Waals surface area contributed by atoms with Crippen molar-refractivity contribution in [2.24, 2.45) is 0 Å². The van der Waals surface area contributed by atoms with Gasteiger partial charge in [-0.3, -0.25) is 4.79 Å². The van der Waals surface area contributed by atoms with Gasteiger partial charge in [0, 0.05) is 36.4 Å². The third-order valence-corrected chi connectivity index (χ3v) is 6.63. The summed E-state index contributed by atoms with van der Waals surface area (Å²) in [5.41, 5.74) is 8.49. The van der Waals surface area contributed by atoms with E-state index >= 15 is 4.39 Å². The summed E-state index contributed by atoms with van der Waals surface area (Å²) in [6.07, 6.45) is 0.166. The van der Waals surface area contributed by atoms with Gasteiger partial charge >= 0.3 is 0 Å². The highest BCUT2D eigenvalue weighted by molar-refractivity contribution is 5.86. The minimum atomic E-state index is -0.833. The fourth-order valence-electron chi connectivity index (χ4n) is 5.18. The molecule has 3 N–H and O–H groups in total. The van der Waals surface area contributed by atoms with Crippen LogP contribution in [0.4, 0.5) is 20.3 Å². The largest absolute Gasteiger partial charge is 0.382 e. The van der Waals surface area contributed by atoms with E-state index in [0.29, 0.717) is 17.9 Å². The average molecular weight is 536 g/mol. The molecule has 0 bridgehead atoms. The summed E-state index contributed by atoms with van der Waals surface area (Å²) in [4.78, 5) is 31.7. The number of aryl methyl sites for hydroxylation is 1. The van der Waals surface area contributed by atoms with Crippen LogP contribution in [0, 0.1) is 18.7 Å². The van der Waals surface area contributed by atoms with E-state index in [1.807, 2.05) is 45.0 Å². The number of H-pyrrole nitrogens is 1. The first-order valence-electron chi connectivity index (χ1n) is 12.7. The summed E-state index contributed by atoms with van der Waals surface area (Å²) in [5.74, 6) is -1.48. The van der Waals surface area contributed by atoms with Gasteiger partial charge in [-0.1, -0.05) is 6.07 Å². The Morgan fingerprint density at radius 3 is 2.46 bits per heavy atom. The lowest BCUT2D eigenvalue weighted by Crippen LogP contribution is -2.46. The van der Waals surface area contributed by atoms with Crippen LogP contribution in [0.1, 0.15) is 25.2 Å². The lowest BCUT2D eigenvalue weighted by molar-refractivity contribution is -0.00528. The van der Waals surface area contributed by atoms with Gasteiger partial charge in [-0.2, -0.15) is 9.37 Å². The summed E-state index contributed by atoms with van der Waals surface area (Å²) in [6.45, 7) is 7.80. The molecule has 0 amide bonds. The highest BCUT2D eigenvalue weighted by Gasteiger charge is 2.25. The number of hydrogen-bond acceptors (Lipinski definition) is 8. The number of aromatic nitrogens is 4. The molecule has 2 aromatic heterocycles. The van der Waals surface area contributed by atoms with E-state index in [0.717, 1.165) is 30.4 Å². The Morgan fingerprint density at radius 2 is 1.77 bits per heavy atom. The molecule has 1 fully saturated rings. The van der Waals surface area contributed by atoms with Crippen LogP contribution >= 0.6 is 0 Å². The maximum Gasteiger partial charge on any atom is 0.261 e. The van der Waals surface area contributed by atoms with E-state index < -0.39 is 17.3 Å². The predicted octanol–water partition coefficient (Wildman–Crippen LogP) is 3.89. The zero-order valence-corrected chi connectivity index (χ0v) is 22.5. The van der Waals surface area contributed by atoms with Crippen LogP contribution in [0.2, 0.25) is 0 Å². The van der Waals surface area contributed by atoms with E-state index in [1.54, 1.807) is 13.0 Å². The average Bonchev–Trinajstić information content (AvgIpc) is 2.82. The highest BCUT2D eigenvalue weighted by Crippen LogP contribution is 2.33. The van der Waals surface area contributed by atoms with Crippen LogP contribution < -0.4 is 16.2 Å². The van der Waals surface area contributed by atoms with E-state index in [9.17, 15) is 9.18 Å². The van der Waals surface area contributed by atoms with Gasteiger partial charge in [0.05, 0.1) is 17.7 Å². The van der Waals surface area contributed by atoms with E-state index in [-0.39, 0.29) is 45.9 Å². The first kappa shape index (κ1) is 26.6. The molecule has 11 heteroatoms. The van der Waals surface area contributed by atoms with E-state index in [1.165, 1.54) is 6.07 Å². The third-order valence-electron chi connectivity index (χ3n) is 6.63. The summed E-state index contributed by atoms with van der Waals surface area (Å²) in [5, 5.41) is -0.172. The van der Waals surface area contributed by atoms with Gasteiger partial charge in [0.2, 0.25) is 5.95 Å². The number of anilines is 2. The topological polar surface area (TPSA) is 113 Å². The van der Waals surface area contributed by atoms with Crippen LogP contribution in [-0.2, 0) is 11.3 Å². The van der Waals surface area contributed by atoms with Crippen molar-refractivity contribution in [2.75, 3.05) is 37.8 Å². The Bertz CT molecular complexity index is 1610. The first-order valence-corrected chi connectivity index (χ1v) is 12.7. The molecular weight excluding hydrogens is 504 g/mol. The number of morpholine rings is 1. The molecule has 204 valence electrons. The molecule has 1 aliphatic rings. The number of benzene rings is 2. The molecule has 3 heterocycles. The monoisotopic (exact) mass is 535 g/mol. The number of nitrogens with two attached hydrogens (primary N) is 1. The van der Waals surface area contributed by atoms with Crippen LogP contribution in [-0.4, -0.2) is 64.2 Å². The lowest BCUT2D eigenvalue weighted by Gasteiger charge is -2.38. The number of nitrogens with one attached hydrogen (secondary N) is 1. The summed E-state index contributed by atoms with van der Waals surface area (Å²) < 4.78 is 36.1. The Hall–Kier alpha value is -3.96. The first-order chi connectivity index (χ1) is 18.5. The molecule has 2 atom stereocenters. The van der Waals surface area contributed by atoms with Crippen molar-refractivity contribution < 1.29 is 13.5 Å². The van der Waals surface area contributed by atoms with E-state index in [4.69, 9.17) is 10.5 Å². The Morgan fingerprint density at radius 1 is 1.05 bits per heavy atom. The quantitative estimate of drug-likeness (QED) is 0.396. The molecule has 2 aromatic carbocycles. The number of hydrogen-bond donors (Lipinski definition) is 2. The zero-order valence-electron chi connectivity index (χ0n) is 22.5. The van der Waals surface area contributed by atoms with Crippen molar-refractivity contribution in [3.63, 3.8) is 0 Å². The van der Waals surface area contributed by atoms with Crippen molar-refractivity contribution in [2.45, 2.75) is 39.5 Å². The van der Waals surface area contributed by atoms with Crippen molar-refractivity contribution in [3.05, 3.63) is 63.8 Å². The smallest absolute Gasteiger partial charge is 0.261 e. The summed E-state index contributed by atoms with van der Waals surface area (Å²) >= 11 is 0. The van der Waals surface area contributed by atoms with Crippen LogP contribution in [0.5, 0.6) is 0 Å². The van der Waals surface area contributed by atoms with Gasteiger partial charge in [0.25, 0.3) is 5.56 Å². The van der Waals surface area contributed by atoms with Crippen molar-refractivity contribution >= 4 is 22.4 Å². The molecule has 0 unspecified atom stereocenters. The molecule has 0 spiro atoms. The van der Waals surface area contributed by atoms with Crippen molar-refractivity contribution in [3.8, 4) is 22.5 Å². The van der Waals surface area contributed by atoms with Crippen molar-refractivity contribution in [1.29, 1.82) is 0 Å². The van der Waals surface area contributed by atoms with Crippen LogP contribution in [0.3, 0.4) is 0 Å². The number of ether oxygens (including phenoxy) is 1. The number of nitrogens with zero attached hydrogens (tertiary/aromatic N) is 5. The Balaban J connectivity index is 1.62. The second kappa shape index (κ2) is 10.3. The van der Waals surface area contributed by atoms with Gasteiger partial charge in [0.15, 0.2) is 5.82 Å². The Kier molecular flexibility index (Phi) is 7.04. The SMILES string of the molecule is Cc1nc2cc(-c3nc(-c4ccc(N5C[C@@H](C)O[C@@H](C)C5)c(CN(C)C)c4)c(F)nc3N)cc(F)c2c(=O)[nH]1. The number of halogens is 2. The molecular formula is C28H31F2N7O2. The third kappa shape index (κ3) is 5.32. The second-order valence-corrected chi connectivity index (χ2v) is 10.3. The zero-order chi connectivity index (χ0) is 28.0. The second-order valence-electron chi connectivity index (χ2n) is 10.3. The van der Waals surface area contributed by atoms with Crippen molar-refractivity contribution in [1.82, 2.24) is 24.8 Å². The van der Waals surface area contributed by atoms with Crippen LogP contribution in [0.25, 0.3) is 33.4 Å². The van der Waals surface area contributed by atoms with Gasteiger partial charge in [0.1, 0.15) is 28.4 Å². The lowest BCUT2D eigenvalue weighted by atomic mass is 10.0. The van der Waals surface area contributed by atoms with Crippen LogP contribution in [0.15, 0.2) is 35.1 Å². The number of nitrogen functional groups attached to an aromatic ring is 1. The fourth-order valence-corrected chi connectivity index (χ4v) is 5.18. The summed E-state index contributed by atoms with van der Waals surface area (Å²) in [6, 6.07) is 8.31. The highest BCUT2D eigenvalue weighted by atomic mass is 19.1. The molecule has 39 heavy (non-hydrogen) atoms. The molecule has 4 aromatic rings. The number of rotatable bonds is 5. The standard InChI is InChI=1S/C28H31F2N7O2/c1-14-11-37(12-15(2)39-14)22-7-6-17(8-19(22)13-36(4)5)24-26(30)35-27(31)25(34-24)18-9-20(29)23-21(10-18)32-16(3)33-28(23)38/h6-10,14-15H,11-13H2,1-5H3,(H2,31,35)(H,32,33,38)/t14-,15+. The predicted molar refractivity (Wildman–Crippen MR) is 148 cm³/mol. The summed E-state index contributed by atoms with van der Waals surface area (Å²) in [7, 11) is 3.94. The number of aromatic amines is 1. The van der Waals surface area contributed by atoms with Gasteiger partial charge < -0.3 is 25.3 Å². The van der Waals surface area contributed by atoms with Gasteiger partial charge in [-0.05, 0) is 64.7 Å². The molecule has 0 radical (unpaired) electrons. The van der Waals surface area contributed by atoms with Gasteiger partial charge in [-0.25, -0.2) is 14.4 Å². The molecule has 0 saturated carbocycles. The maximum absolute atomic E-state index is 15.2. The molecule has 1 aliphatic heterocycles. The molecule has 9 nitrogen and oxygen atoms in total. The van der Waals surface area contributed by atoms with E-state index in [2.05, 4.69) is 24.8 Å². The normalized spacial score (nSPS) is 17.8. The minimum absolute atomic E-state index is 0.00924. The van der Waals surface area contributed by atoms with Gasteiger partial charge in [-0.15, -0.1) is 0 Å². The molecule has 1 saturated heterocycles. The fraction of sp³-hybridized carbons (Fsp3) is 0.357. The molecule has 5 rings (SSSR count). The Labute approximate surface area is 224 Å².